The molecule has 0 atom stereocenters. The van der Waals surface area contributed by atoms with Gasteiger partial charge in [0.15, 0.2) is 5.69 Å². The van der Waals surface area contributed by atoms with Crippen molar-refractivity contribution in [1.82, 2.24) is 9.97 Å². The first-order chi connectivity index (χ1) is 13.3. The Labute approximate surface area is 166 Å². The summed E-state index contributed by atoms with van der Waals surface area (Å²) >= 11 is 5.89. The maximum Gasteiger partial charge on any atom is 0.364 e. The molecule has 1 aromatic heterocycles. The number of aromatic nitrogens is 2. The molecule has 0 aliphatic rings. The highest BCUT2D eigenvalue weighted by molar-refractivity contribution is 7.90. The minimum Gasteiger partial charge on any atom is -0.422 e. The van der Waals surface area contributed by atoms with Gasteiger partial charge in [-0.05, 0) is 35.4 Å². The maximum atomic E-state index is 12.3. The summed E-state index contributed by atoms with van der Waals surface area (Å²) in [4.78, 5) is 19.6. The average molecular weight is 414 g/mol. The first kappa shape index (κ1) is 19.5. The Morgan fingerprint density at radius 1 is 1.07 bits per heavy atom. The zero-order valence-electron chi connectivity index (χ0n) is 14.5. The van der Waals surface area contributed by atoms with Crippen LogP contribution in [0.1, 0.15) is 16.1 Å². The van der Waals surface area contributed by atoms with Gasteiger partial charge in [-0.1, -0.05) is 35.9 Å². The number of carbonyl (C=O) groups excluding carboxylic acids is 1. The van der Waals surface area contributed by atoms with E-state index in [4.69, 9.17) is 21.6 Å². The van der Waals surface area contributed by atoms with E-state index in [1.54, 1.807) is 36.4 Å². The maximum absolute atomic E-state index is 12.3. The fraction of sp³-hybridized carbons (Fsp3) is 0.0526. The van der Waals surface area contributed by atoms with Crippen molar-refractivity contribution in [2.75, 3.05) is 6.26 Å². The predicted molar refractivity (Wildman–Crippen MR) is 102 cm³/mol. The molecule has 0 saturated heterocycles. The quantitative estimate of drug-likeness (QED) is 0.366. The summed E-state index contributed by atoms with van der Waals surface area (Å²) in [5, 5.41) is 8.21. The van der Waals surface area contributed by atoms with Gasteiger partial charge in [0.05, 0.1) is 22.9 Å². The van der Waals surface area contributed by atoms with Gasteiger partial charge in [0.2, 0.25) is 15.0 Å². The summed E-state index contributed by atoms with van der Waals surface area (Å²) in [7, 11) is -3.70. The Balaban J connectivity index is 1.80. The Bertz CT molecular complexity index is 1190. The number of carbonyl (C=O) groups is 1. The van der Waals surface area contributed by atoms with Crippen LogP contribution >= 0.6 is 11.6 Å². The number of benzene rings is 2. The van der Waals surface area contributed by atoms with E-state index in [-0.39, 0.29) is 16.5 Å². The minimum absolute atomic E-state index is 0.119. The van der Waals surface area contributed by atoms with E-state index >= 15 is 0 Å². The normalized spacial score (nSPS) is 10.9. The average Bonchev–Trinajstić information content (AvgIpc) is 2.68. The van der Waals surface area contributed by atoms with Gasteiger partial charge in [0, 0.05) is 6.26 Å². The number of esters is 1. The molecular formula is C19H12ClN3O4S. The van der Waals surface area contributed by atoms with Crippen LogP contribution in [0.3, 0.4) is 0 Å². The molecule has 140 valence electrons. The van der Waals surface area contributed by atoms with E-state index in [1.165, 1.54) is 0 Å². The predicted octanol–water partition coefficient (Wildman–Crippen LogP) is 3.29. The van der Waals surface area contributed by atoms with Gasteiger partial charge in [-0.3, -0.25) is 0 Å². The summed E-state index contributed by atoms with van der Waals surface area (Å²) in [6, 6.07) is 15.7. The molecule has 0 amide bonds. The van der Waals surface area contributed by atoms with Gasteiger partial charge >= 0.3 is 5.97 Å². The molecule has 0 bridgehead atoms. The van der Waals surface area contributed by atoms with Gasteiger partial charge in [0.1, 0.15) is 5.75 Å². The van der Waals surface area contributed by atoms with Crippen LogP contribution in [0, 0.1) is 11.3 Å². The number of halogens is 1. The van der Waals surface area contributed by atoms with E-state index in [2.05, 4.69) is 16.0 Å². The third-order valence-corrected chi connectivity index (χ3v) is 4.80. The molecule has 0 aliphatic heterocycles. The zero-order chi connectivity index (χ0) is 20.3. The van der Waals surface area contributed by atoms with Crippen molar-refractivity contribution in [3.63, 3.8) is 0 Å². The monoisotopic (exact) mass is 413 g/mol. The Morgan fingerprint density at radius 2 is 1.64 bits per heavy atom. The highest BCUT2D eigenvalue weighted by Crippen LogP contribution is 2.24. The number of rotatable bonds is 4. The second-order valence-electron chi connectivity index (χ2n) is 5.72. The van der Waals surface area contributed by atoms with E-state index in [1.807, 2.05) is 12.1 Å². The molecule has 3 aromatic rings. The van der Waals surface area contributed by atoms with Gasteiger partial charge in [-0.15, -0.1) is 0 Å². The Hall–Kier alpha value is -3.28. The van der Waals surface area contributed by atoms with Crippen LogP contribution in [0.15, 0.2) is 59.9 Å². The lowest BCUT2D eigenvalue weighted by Crippen LogP contribution is -2.15. The molecule has 2 aromatic carbocycles. The Kier molecular flexibility index (Phi) is 5.40. The number of nitriles is 1. The van der Waals surface area contributed by atoms with Crippen molar-refractivity contribution in [3.05, 3.63) is 71.0 Å². The molecule has 0 spiro atoms. The first-order valence-electron chi connectivity index (χ1n) is 7.83. The van der Waals surface area contributed by atoms with Crippen molar-refractivity contribution >= 4 is 27.4 Å². The lowest BCUT2D eigenvalue weighted by molar-refractivity contribution is 0.0727. The summed E-state index contributed by atoms with van der Waals surface area (Å²) in [5.74, 6) is -0.665. The van der Waals surface area contributed by atoms with E-state index < -0.39 is 21.0 Å². The molecular weight excluding hydrogens is 402 g/mol. The van der Waals surface area contributed by atoms with Crippen LogP contribution < -0.4 is 4.74 Å². The largest absolute Gasteiger partial charge is 0.422 e. The third-order valence-electron chi connectivity index (χ3n) is 3.66. The molecule has 0 N–H and O–H groups in total. The molecule has 0 aliphatic carbocycles. The fourth-order valence-corrected chi connectivity index (χ4v) is 2.95. The standard InChI is InChI=1S/C19H12ClN3O4S/c1-28(25,26)19-22-11-16(20)17(23-19)18(24)27-15-8-6-14(7-9-15)13-4-2-12(10-21)3-5-13/h2-9,11H,1H3. The number of hydrogen-bond acceptors (Lipinski definition) is 7. The lowest BCUT2D eigenvalue weighted by Gasteiger charge is -2.07. The number of hydrogen-bond donors (Lipinski definition) is 0. The molecule has 0 unspecified atom stereocenters. The molecule has 9 heteroatoms. The van der Waals surface area contributed by atoms with Crippen LogP contribution in [0.4, 0.5) is 0 Å². The second-order valence-corrected chi connectivity index (χ2v) is 8.04. The van der Waals surface area contributed by atoms with Gasteiger partial charge < -0.3 is 4.74 Å². The van der Waals surface area contributed by atoms with Crippen molar-refractivity contribution in [3.8, 4) is 22.9 Å². The SMILES string of the molecule is CS(=O)(=O)c1ncc(Cl)c(C(=O)Oc2ccc(-c3ccc(C#N)cc3)cc2)n1. The summed E-state index contributed by atoms with van der Waals surface area (Å²) in [5.41, 5.74) is 1.98. The number of sulfone groups is 1. The van der Waals surface area contributed by atoms with Crippen LogP contribution in [-0.4, -0.2) is 30.6 Å². The van der Waals surface area contributed by atoms with Crippen molar-refractivity contribution < 1.29 is 17.9 Å². The van der Waals surface area contributed by atoms with Gasteiger partial charge in [0.25, 0.3) is 0 Å². The highest BCUT2D eigenvalue weighted by Gasteiger charge is 2.20. The molecule has 3 rings (SSSR count). The highest BCUT2D eigenvalue weighted by atomic mass is 35.5. The third kappa shape index (κ3) is 4.34. The van der Waals surface area contributed by atoms with Crippen molar-refractivity contribution in [2.24, 2.45) is 0 Å². The molecule has 0 radical (unpaired) electrons. The smallest absolute Gasteiger partial charge is 0.364 e. The summed E-state index contributed by atoms with van der Waals surface area (Å²) in [6.07, 6.45) is 1.96. The van der Waals surface area contributed by atoms with Gasteiger partial charge in [-0.25, -0.2) is 23.2 Å². The van der Waals surface area contributed by atoms with E-state index in [0.29, 0.717) is 5.56 Å². The molecule has 7 nitrogen and oxygen atoms in total. The van der Waals surface area contributed by atoms with Crippen LogP contribution in [-0.2, 0) is 9.84 Å². The summed E-state index contributed by atoms with van der Waals surface area (Å²) in [6.45, 7) is 0. The molecule has 0 fully saturated rings. The Morgan fingerprint density at radius 3 is 2.18 bits per heavy atom. The van der Waals surface area contributed by atoms with Gasteiger partial charge in [-0.2, -0.15) is 5.26 Å². The minimum atomic E-state index is -3.70. The first-order valence-corrected chi connectivity index (χ1v) is 10.1. The van der Waals surface area contributed by atoms with Crippen molar-refractivity contribution in [2.45, 2.75) is 5.16 Å². The molecule has 0 saturated carbocycles. The molecule has 1 heterocycles. The van der Waals surface area contributed by atoms with Crippen molar-refractivity contribution in [1.29, 1.82) is 5.26 Å². The topological polar surface area (TPSA) is 110 Å². The molecule has 28 heavy (non-hydrogen) atoms. The van der Waals surface area contributed by atoms with Crippen LogP contribution in [0.5, 0.6) is 5.75 Å². The van der Waals surface area contributed by atoms with Crippen LogP contribution in [0.2, 0.25) is 5.02 Å². The number of nitrogens with zero attached hydrogens (tertiary/aromatic N) is 3. The summed E-state index contributed by atoms with van der Waals surface area (Å²) < 4.78 is 28.3. The van der Waals surface area contributed by atoms with Crippen LogP contribution in [0.25, 0.3) is 11.1 Å². The second kappa shape index (κ2) is 7.76. The number of ether oxygens (including phenoxy) is 1. The lowest BCUT2D eigenvalue weighted by atomic mass is 10.0. The fourth-order valence-electron chi connectivity index (χ4n) is 2.28. The zero-order valence-corrected chi connectivity index (χ0v) is 16.0. The van der Waals surface area contributed by atoms with E-state index in [9.17, 15) is 13.2 Å². The van der Waals surface area contributed by atoms with E-state index in [0.717, 1.165) is 23.6 Å².